The molecule has 0 radical (unpaired) electrons. The van der Waals surface area contributed by atoms with E-state index in [4.69, 9.17) is 5.11 Å². The Hall–Kier alpha value is -0.480. The van der Waals surface area contributed by atoms with Crippen molar-refractivity contribution in [2.45, 2.75) is 9.91 Å². The van der Waals surface area contributed by atoms with E-state index in [1.807, 2.05) is 30.3 Å². The maximum Gasteiger partial charge on any atom is 0.327 e. The van der Waals surface area contributed by atoms with E-state index < -0.39 is 10.1 Å². The predicted molar refractivity (Wildman–Crippen MR) is 58.1 cm³/mol. The molecular weight excluding hydrogens is 252 g/mol. The number of hydrogen-bond acceptors (Lipinski definition) is 2. The Morgan fingerprint density at radius 2 is 2.08 bits per heavy atom. The van der Waals surface area contributed by atoms with E-state index in [1.54, 1.807) is 0 Å². The molecule has 1 aromatic rings. The monoisotopic (exact) mass is 260 g/mol. The van der Waals surface area contributed by atoms with Crippen LogP contribution in [0.25, 0.3) is 0 Å². The minimum absolute atomic E-state index is 0.521. The third-order valence-electron chi connectivity index (χ3n) is 1.43. The van der Waals surface area contributed by atoms with Gasteiger partial charge in [-0.2, -0.15) is 0 Å². The zero-order valence-electron chi connectivity index (χ0n) is 6.81. The number of carboxylic acid groups (broad SMARTS) is 1. The van der Waals surface area contributed by atoms with E-state index in [1.165, 1.54) is 11.8 Å². The number of thioether (sulfide) groups is 1. The summed E-state index contributed by atoms with van der Waals surface area (Å²) in [5.41, 5.74) is 1.14. The van der Waals surface area contributed by atoms with Crippen molar-refractivity contribution in [2.75, 3.05) is 0 Å². The fraction of sp³-hybridized carbons (Fsp3) is 0.222. The molecule has 0 aliphatic rings. The van der Waals surface area contributed by atoms with Crippen LogP contribution in [0.4, 0.5) is 0 Å². The van der Waals surface area contributed by atoms with Crippen molar-refractivity contribution in [1.29, 1.82) is 0 Å². The van der Waals surface area contributed by atoms with Gasteiger partial charge in [0.2, 0.25) is 0 Å². The van der Waals surface area contributed by atoms with Crippen molar-refractivity contribution in [1.82, 2.24) is 0 Å². The molecule has 1 N–H and O–H groups in total. The largest absolute Gasteiger partial charge is 0.480 e. The first-order valence-corrected chi connectivity index (χ1v) is 5.69. The maximum atomic E-state index is 10.5. The summed E-state index contributed by atoms with van der Waals surface area (Å²) < 4.78 is -0.521. The van der Waals surface area contributed by atoms with Gasteiger partial charge < -0.3 is 5.11 Å². The lowest BCUT2D eigenvalue weighted by atomic mass is 10.2. The Bertz CT molecular complexity index is 276. The maximum absolute atomic E-state index is 10.5. The molecule has 4 heteroatoms. The van der Waals surface area contributed by atoms with Gasteiger partial charge >= 0.3 is 5.97 Å². The average molecular weight is 261 g/mol. The number of carboxylic acids is 1. The summed E-state index contributed by atoms with van der Waals surface area (Å²) >= 11 is 4.42. The number of halogens is 1. The number of benzene rings is 1. The highest BCUT2D eigenvalue weighted by Crippen LogP contribution is 2.22. The van der Waals surface area contributed by atoms with E-state index in [0.717, 1.165) is 5.56 Å². The molecule has 0 saturated carbocycles. The number of rotatable bonds is 4. The van der Waals surface area contributed by atoms with Crippen molar-refractivity contribution in [3.8, 4) is 0 Å². The molecule has 0 saturated heterocycles. The molecule has 0 fully saturated rings. The Balaban J connectivity index is 2.39. The van der Waals surface area contributed by atoms with Gasteiger partial charge in [0.05, 0.1) is 0 Å². The fourth-order valence-electron chi connectivity index (χ4n) is 0.815. The zero-order chi connectivity index (χ0) is 9.68. The second kappa shape index (κ2) is 5.29. The first kappa shape index (κ1) is 10.6. The molecular formula is C9H9BrO2S. The van der Waals surface area contributed by atoms with Crippen LogP contribution in [-0.2, 0) is 10.5 Å². The minimum atomic E-state index is -0.832. The van der Waals surface area contributed by atoms with Crippen LogP contribution in [0.15, 0.2) is 30.3 Å². The summed E-state index contributed by atoms with van der Waals surface area (Å²) in [6, 6.07) is 9.79. The fourth-order valence-corrected chi connectivity index (χ4v) is 1.89. The molecule has 1 unspecified atom stereocenters. The van der Waals surface area contributed by atoms with Crippen molar-refractivity contribution < 1.29 is 9.90 Å². The second-order valence-electron chi connectivity index (χ2n) is 2.45. The zero-order valence-corrected chi connectivity index (χ0v) is 9.22. The predicted octanol–water partition coefficient (Wildman–Crippen LogP) is 2.73. The highest BCUT2D eigenvalue weighted by molar-refractivity contribution is 9.11. The van der Waals surface area contributed by atoms with Crippen molar-refractivity contribution in [3.63, 3.8) is 0 Å². The van der Waals surface area contributed by atoms with Crippen LogP contribution in [0.5, 0.6) is 0 Å². The second-order valence-corrected chi connectivity index (χ2v) is 5.07. The molecule has 0 aromatic heterocycles. The molecule has 0 spiro atoms. The van der Waals surface area contributed by atoms with Crippen LogP contribution in [0.3, 0.4) is 0 Å². The lowest BCUT2D eigenvalue weighted by Gasteiger charge is -2.03. The molecule has 1 rings (SSSR count). The summed E-state index contributed by atoms with van der Waals surface area (Å²) in [4.78, 5) is 10.5. The average Bonchev–Trinajstić information content (AvgIpc) is 2.15. The normalized spacial score (nSPS) is 12.4. The van der Waals surface area contributed by atoms with E-state index in [-0.39, 0.29) is 0 Å². The van der Waals surface area contributed by atoms with Gasteiger partial charge in [-0.05, 0) is 5.56 Å². The highest BCUT2D eigenvalue weighted by Gasteiger charge is 2.12. The van der Waals surface area contributed by atoms with Gasteiger partial charge in [0, 0.05) is 5.75 Å². The SMILES string of the molecule is O=C(O)C(Br)SCc1ccccc1. The van der Waals surface area contributed by atoms with Crippen molar-refractivity contribution in [2.24, 2.45) is 0 Å². The Labute approximate surface area is 89.5 Å². The van der Waals surface area contributed by atoms with Gasteiger partial charge in [-0.3, -0.25) is 4.79 Å². The molecule has 1 atom stereocenters. The Morgan fingerprint density at radius 3 is 2.62 bits per heavy atom. The first-order valence-electron chi connectivity index (χ1n) is 3.72. The van der Waals surface area contributed by atoms with Gasteiger partial charge in [0.25, 0.3) is 0 Å². The summed E-state index contributed by atoms with van der Waals surface area (Å²) in [6.07, 6.45) is 0. The molecule has 13 heavy (non-hydrogen) atoms. The van der Waals surface area contributed by atoms with Gasteiger partial charge in [-0.1, -0.05) is 46.3 Å². The molecule has 0 aliphatic heterocycles. The van der Waals surface area contributed by atoms with Crippen LogP contribution in [0, 0.1) is 0 Å². The van der Waals surface area contributed by atoms with Gasteiger partial charge in [-0.25, -0.2) is 0 Å². The third-order valence-corrected chi connectivity index (χ3v) is 3.61. The van der Waals surface area contributed by atoms with E-state index in [0.29, 0.717) is 5.75 Å². The summed E-state index contributed by atoms with van der Waals surface area (Å²) in [5.74, 6) is -0.121. The number of aliphatic carboxylic acids is 1. The van der Waals surface area contributed by atoms with Crippen LogP contribution in [0.1, 0.15) is 5.56 Å². The third kappa shape index (κ3) is 3.83. The summed E-state index contributed by atoms with van der Waals surface area (Å²) in [5, 5.41) is 8.59. The standard InChI is InChI=1S/C9H9BrO2S/c10-8(9(11)12)13-6-7-4-2-1-3-5-7/h1-5,8H,6H2,(H,11,12). The van der Waals surface area contributed by atoms with Gasteiger partial charge in [0.15, 0.2) is 4.16 Å². The lowest BCUT2D eigenvalue weighted by Crippen LogP contribution is -2.07. The number of hydrogen-bond donors (Lipinski definition) is 1. The molecule has 70 valence electrons. The van der Waals surface area contributed by atoms with E-state index in [2.05, 4.69) is 15.9 Å². The number of alkyl halides is 1. The van der Waals surface area contributed by atoms with E-state index in [9.17, 15) is 4.79 Å². The first-order chi connectivity index (χ1) is 6.20. The smallest absolute Gasteiger partial charge is 0.327 e. The van der Waals surface area contributed by atoms with Crippen molar-refractivity contribution >= 4 is 33.7 Å². The highest BCUT2D eigenvalue weighted by atomic mass is 79.9. The van der Waals surface area contributed by atoms with E-state index >= 15 is 0 Å². The Morgan fingerprint density at radius 1 is 1.46 bits per heavy atom. The van der Waals surface area contributed by atoms with Crippen LogP contribution >= 0.6 is 27.7 Å². The van der Waals surface area contributed by atoms with Gasteiger partial charge in [-0.15, -0.1) is 11.8 Å². The lowest BCUT2D eigenvalue weighted by molar-refractivity contribution is -0.134. The quantitative estimate of drug-likeness (QED) is 0.847. The molecule has 0 aliphatic carbocycles. The van der Waals surface area contributed by atoms with Crippen LogP contribution < -0.4 is 0 Å². The molecule has 0 bridgehead atoms. The molecule has 1 aromatic carbocycles. The Kier molecular flexibility index (Phi) is 4.32. The number of carbonyl (C=O) groups is 1. The minimum Gasteiger partial charge on any atom is -0.480 e. The van der Waals surface area contributed by atoms with Crippen molar-refractivity contribution in [3.05, 3.63) is 35.9 Å². The molecule has 0 amide bonds. The topological polar surface area (TPSA) is 37.3 Å². The van der Waals surface area contributed by atoms with Gasteiger partial charge in [0.1, 0.15) is 0 Å². The molecule has 2 nitrogen and oxygen atoms in total. The summed E-state index contributed by atoms with van der Waals surface area (Å²) in [6.45, 7) is 0. The van der Waals surface area contributed by atoms with Crippen LogP contribution in [-0.4, -0.2) is 15.2 Å². The van der Waals surface area contributed by atoms with Crippen LogP contribution in [0.2, 0.25) is 0 Å². The summed E-state index contributed by atoms with van der Waals surface area (Å²) in [7, 11) is 0. The molecule has 0 heterocycles.